The quantitative estimate of drug-likeness (QED) is 0.729. The van der Waals surface area contributed by atoms with Gasteiger partial charge >= 0.3 is 6.18 Å². The topological polar surface area (TPSA) is 12.9 Å². The first kappa shape index (κ1) is 12.9. The van der Waals surface area contributed by atoms with Crippen molar-refractivity contribution in [2.24, 2.45) is 0 Å². The van der Waals surface area contributed by atoms with Crippen molar-refractivity contribution in [3.63, 3.8) is 0 Å². The summed E-state index contributed by atoms with van der Waals surface area (Å²) in [5.74, 6) is 0. The molecule has 0 spiro atoms. The summed E-state index contributed by atoms with van der Waals surface area (Å²) >= 11 is 0. The predicted octanol–water partition coefficient (Wildman–Crippen LogP) is 3.61. The lowest BCUT2D eigenvalue weighted by molar-refractivity contribution is -0.225. The average Bonchev–Trinajstić information content (AvgIpc) is 2.15. The van der Waals surface area contributed by atoms with Gasteiger partial charge in [-0.3, -0.25) is 4.98 Å². The van der Waals surface area contributed by atoms with E-state index >= 15 is 0 Å². The Balaban J connectivity index is 2.61. The number of nitrogens with zero attached hydrogens (tertiary/aromatic N) is 1. The number of aromatic nitrogens is 1. The lowest BCUT2D eigenvalue weighted by Crippen LogP contribution is -2.38. The lowest BCUT2D eigenvalue weighted by Gasteiger charge is -2.23. The molecule has 1 heterocycles. The third-order valence-corrected chi connectivity index (χ3v) is 2.45. The van der Waals surface area contributed by atoms with E-state index in [9.17, 15) is 17.6 Å². The minimum Gasteiger partial charge on any atom is -0.261 e. The second kappa shape index (κ2) is 4.39. The number of halogens is 4. The molecule has 0 fully saturated rings. The molecule has 1 unspecified atom stereocenters. The number of pyridine rings is 1. The molecule has 0 saturated heterocycles. The number of aryl methyl sites for hydroxylation is 2. The summed E-state index contributed by atoms with van der Waals surface area (Å²) in [6.45, 7) is 2.34. The molecule has 1 aromatic heterocycles. The average molecular weight is 235 g/mol. The van der Waals surface area contributed by atoms with Crippen molar-refractivity contribution in [1.82, 2.24) is 4.98 Å². The molecule has 0 N–H and O–H groups in total. The zero-order valence-corrected chi connectivity index (χ0v) is 9.11. The Morgan fingerprint density at radius 3 is 2.25 bits per heavy atom. The van der Waals surface area contributed by atoms with Crippen LogP contribution in [-0.2, 0) is 6.42 Å². The van der Waals surface area contributed by atoms with E-state index in [1.807, 2.05) is 0 Å². The summed E-state index contributed by atoms with van der Waals surface area (Å²) in [6.07, 6.45) is -3.89. The zero-order valence-electron chi connectivity index (χ0n) is 9.11. The second-order valence-corrected chi connectivity index (χ2v) is 4.00. The fraction of sp³-hybridized carbons (Fsp3) is 0.545. The molecule has 1 aromatic rings. The van der Waals surface area contributed by atoms with Gasteiger partial charge in [0.15, 0.2) is 0 Å². The van der Waals surface area contributed by atoms with Gasteiger partial charge < -0.3 is 0 Å². The molecule has 0 saturated carbocycles. The third kappa shape index (κ3) is 3.18. The highest BCUT2D eigenvalue weighted by Crippen LogP contribution is 2.36. The van der Waals surface area contributed by atoms with Crippen molar-refractivity contribution in [3.05, 3.63) is 29.6 Å². The maximum Gasteiger partial charge on any atom is 0.422 e. The summed E-state index contributed by atoms with van der Waals surface area (Å²) in [4.78, 5) is 3.94. The standard InChI is InChI=1S/C11H13F4N/c1-8-3-4-9(7-16-8)5-6-10(2,12)11(13,14)15/h3-4,7H,5-6H2,1-2H3. The Morgan fingerprint density at radius 2 is 1.81 bits per heavy atom. The van der Waals surface area contributed by atoms with Crippen molar-refractivity contribution in [2.45, 2.75) is 38.5 Å². The molecule has 0 radical (unpaired) electrons. The van der Waals surface area contributed by atoms with E-state index in [4.69, 9.17) is 0 Å². The molecule has 1 atom stereocenters. The predicted molar refractivity (Wildman–Crippen MR) is 52.9 cm³/mol. The van der Waals surface area contributed by atoms with Crippen LogP contribution in [0.15, 0.2) is 18.3 Å². The second-order valence-electron chi connectivity index (χ2n) is 4.00. The van der Waals surface area contributed by atoms with Gasteiger partial charge in [0, 0.05) is 11.9 Å². The van der Waals surface area contributed by atoms with Crippen LogP contribution < -0.4 is 0 Å². The van der Waals surface area contributed by atoms with Gasteiger partial charge in [-0.25, -0.2) is 4.39 Å². The largest absolute Gasteiger partial charge is 0.422 e. The molecular formula is C11H13F4N. The normalized spacial score (nSPS) is 15.9. The van der Waals surface area contributed by atoms with Crippen LogP contribution in [0, 0.1) is 6.92 Å². The molecule has 0 amide bonds. The van der Waals surface area contributed by atoms with E-state index in [1.165, 1.54) is 6.20 Å². The Bertz CT molecular complexity index is 340. The number of hydrogen-bond acceptors (Lipinski definition) is 1. The van der Waals surface area contributed by atoms with E-state index < -0.39 is 18.3 Å². The molecule has 0 aliphatic carbocycles. The maximum atomic E-state index is 13.2. The Hall–Kier alpha value is -1.13. The highest BCUT2D eigenvalue weighted by atomic mass is 19.4. The molecule has 0 aliphatic heterocycles. The van der Waals surface area contributed by atoms with Gasteiger partial charge in [0.25, 0.3) is 0 Å². The molecular weight excluding hydrogens is 222 g/mol. The van der Waals surface area contributed by atoms with Gasteiger partial charge in [0.05, 0.1) is 0 Å². The summed E-state index contributed by atoms with van der Waals surface area (Å²) in [5, 5.41) is 0. The molecule has 1 rings (SSSR count). The van der Waals surface area contributed by atoms with Gasteiger partial charge in [-0.2, -0.15) is 13.2 Å². The van der Waals surface area contributed by atoms with E-state index in [0.29, 0.717) is 12.5 Å². The number of rotatable bonds is 3. The maximum absolute atomic E-state index is 13.2. The van der Waals surface area contributed by atoms with Crippen molar-refractivity contribution < 1.29 is 17.6 Å². The summed E-state index contributed by atoms with van der Waals surface area (Å²) < 4.78 is 49.8. The molecule has 90 valence electrons. The third-order valence-electron chi connectivity index (χ3n) is 2.45. The van der Waals surface area contributed by atoms with Gasteiger partial charge in [-0.05, 0) is 38.3 Å². The van der Waals surface area contributed by atoms with Crippen LogP contribution in [0.2, 0.25) is 0 Å². The molecule has 0 aliphatic rings. The minimum absolute atomic E-state index is 0.0276. The van der Waals surface area contributed by atoms with Crippen LogP contribution in [0.4, 0.5) is 17.6 Å². The molecule has 1 nitrogen and oxygen atoms in total. The van der Waals surface area contributed by atoms with Crippen LogP contribution >= 0.6 is 0 Å². The summed E-state index contributed by atoms with van der Waals surface area (Å²) in [6, 6.07) is 3.35. The van der Waals surface area contributed by atoms with Gasteiger partial charge in [0.1, 0.15) is 0 Å². The van der Waals surface area contributed by atoms with E-state index in [2.05, 4.69) is 4.98 Å². The first-order valence-corrected chi connectivity index (χ1v) is 4.89. The number of hydrogen-bond donors (Lipinski definition) is 0. The first-order chi connectivity index (χ1) is 7.22. The molecule has 0 aromatic carbocycles. The van der Waals surface area contributed by atoms with Crippen molar-refractivity contribution in [1.29, 1.82) is 0 Å². The van der Waals surface area contributed by atoms with Gasteiger partial charge in [0.2, 0.25) is 5.67 Å². The SMILES string of the molecule is Cc1ccc(CCC(C)(F)C(F)(F)F)cn1. The van der Waals surface area contributed by atoms with E-state index in [-0.39, 0.29) is 6.42 Å². The number of alkyl halides is 4. The zero-order chi connectivity index (χ0) is 12.4. The fourth-order valence-electron chi connectivity index (χ4n) is 1.17. The van der Waals surface area contributed by atoms with Gasteiger partial charge in [-0.1, -0.05) is 6.07 Å². The van der Waals surface area contributed by atoms with Gasteiger partial charge in [-0.15, -0.1) is 0 Å². The summed E-state index contributed by atoms with van der Waals surface area (Å²) in [7, 11) is 0. The monoisotopic (exact) mass is 235 g/mol. The van der Waals surface area contributed by atoms with E-state index in [0.717, 1.165) is 5.69 Å². The van der Waals surface area contributed by atoms with E-state index in [1.54, 1.807) is 19.1 Å². The first-order valence-electron chi connectivity index (χ1n) is 4.89. The van der Waals surface area contributed by atoms with Crippen LogP contribution in [0.3, 0.4) is 0 Å². The highest BCUT2D eigenvalue weighted by molar-refractivity contribution is 5.13. The van der Waals surface area contributed by atoms with Crippen molar-refractivity contribution in [2.75, 3.05) is 0 Å². The minimum atomic E-state index is -4.81. The Kier molecular flexibility index (Phi) is 3.55. The Labute approximate surface area is 91.5 Å². The lowest BCUT2D eigenvalue weighted by atomic mass is 9.98. The molecule has 16 heavy (non-hydrogen) atoms. The smallest absolute Gasteiger partial charge is 0.261 e. The molecule has 0 bridgehead atoms. The highest BCUT2D eigenvalue weighted by Gasteiger charge is 2.51. The van der Waals surface area contributed by atoms with Crippen LogP contribution in [0.25, 0.3) is 0 Å². The van der Waals surface area contributed by atoms with Crippen molar-refractivity contribution >= 4 is 0 Å². The van der Waals surface area contributed by atoms with Crippen molar-refractivity contribution in [3.8, 4) is 0 Å². The molecule has 5 heteroatoms. The fourth-order valence-corrected chi connectivity index (χ4v) is 1.17. The van der Waals surface area contributed by atoms with Crippen LogP contribution in [-0.4, -0.2) is 16.8 Å². The van der Waals surface area contributed by atoms with Crippen LogP contribution in [0.5, 0.6) is 0 Å². The summed E-state index contributed by atoms with van der Waals surface area (Å²) in [5.41, 5.74) is -1.75. The Morgan fingerprint density at radius 1 is 1.19 bits per heavy atom. The van der Waals surface area contributed by atoms with Crippen LogP contribution in [0.1, 0.15) is 24.6 Å².